The van der Waals surface area contributed by atoms with E-state index in [0.717, 1.165) is 148 Å². The largest absolute Gasteiger partial charge is 0.472 e. The van der Waals surface area contributed by atoms with Crippen molar-refractivity contribution in [3.63, 3.8) is 0 Å². The zero-order chi connectivity index (χ0) is 71.8. The molecule has 568 valence electrons. The predicted molar refractivity (Wildman–Crippen MR) is 399 cm³/mol. The van der Waals surface area contributed by atoms with Gasteiger partial charge >= 0.3 is 39.5 Å². The number of unbranched alkanes of at least 4 members (excludes halogenated alkanes) is 33. The van der Waals surface area contributed by atoms with E-state index in [1.165, 1.54) is 109 Å². The lowest BCUT2D eigenvalue weighted by Crippen LogP contribution is -2.30. The molecule has 0 aromatic heterocycles. The molecule has 0 aliphatic rings. The highest BCUT2D eigenvalue weighted by Gasteiger charge is 2.30. The molecule has 0 amide bonds. The molecule has 98 heavy (non-hydrogen) atoms. The van der Waals surface area contributed by atoms with Crippen LogP contribution in [-0.2, 0) is 65.4 Å². The van der Waals surface area contributed by atoms with Gasteiger partial charge in [-0.1, -0.05) is 273 Å². The van der Waals surface area contributed by atoms with Crippen molar-refractivity contribution in [2.24, 2.45) is 0 Å². The molecule has 0 aliphatic carbocycles. The summed E-state index contributed by atoms with van der Waals surface area (Å²) < 4.78 is 68.5. The lowest BCUT2D eigenvalue weighted by atomic mass is 10.0. The Morgan fingerprint density at radius 1 is 0.296 bits per heavy atom. The van der Waals surface area contributed by atoms with Crippen molar-refractivity contribution in [3.8, 4) is 0 Å². The second-order valence-electron chi connectivity index (χ2n) is 25.9. The number of allylic oxidation sites excluding steroid dienone is 14. The van der Waals surface area contributed by atoms with Crippen LogP contribution in [0, 0.1) is 0 Å². The van der Waals surface area contributed by atoms with Crippen LogP contribution in [0.1, 0.15) is 336 Å². The third-order valence-corrected chi connectivity index (χ3v) is 18.2. The van der Waals surface area contributed by atoms with Crippen LogP contribution >= 0.6 is 15.6 Å². The summed E-state index contributed by atoms with van der Waals surface area (Å²) in [5, 5.41) is 10.6. The van der Waals surface area contributed by atoms with Crippen molar-refractivity contribution in [2.45, 2.75) is 354 Å². The highest BCUT2D eigenvalue weighted by atomic mass is 31.2. The molecular weight excluding hydrogens is 1280 g/mol. The van der Waals surface area contributed by atoms with Crippen LogP contribution in [0.15, 0.2) is 85.1 Å². The van der Waals surface area contributed by atoms with Crippen LogP contribution in [0.25, 0.3) is 0 Å². The van der Waals surface area contributed by atoms with Gasteiger partial charge in [-0.15, -0.1) is 0 Å². The molecule has 0 aromatic carbocycles. The second-order valence-corrected chi connectivity index (χ2v) is 28.8. The molecule has 0 radical (unpaired) electrons. The Morgan fingerprint density at radius 2 is 0.531 bits per heavy atom. The van der Waals surface area contributed by atoms with E-state index < -0.39 is 97.5 Å². The topological polar surface area (TPSA) is 237 Å². The Hall–Kier alpha value is -3.76. The van der Waals surface area contributed by atoms with E-state index in [1.807, 2.05) is 0 Å². The number of aliphatic hydroxyl groups is 1. The monoisotopic (exact) mass is 1420 g/mol. The van der Waals surface area contributed by atoms with E-state index in [1.54, 1.807) is 0 Å². The third kappa shape index (κ3) is 70.7. The molecule has 0 spiro atoms. The van der Waals surface area contributed by atoms with Crippen molar-refractivity contribution in [1.82, 2.24) is 0 Å². The minimum atomic E-state index is -4.98. The van der Waals surface area contributed by atoms with E-state index in [-0.39, 0.29) is 25.7 Å². The molecule has 0 heterocycles. The minimum Gasteiger partial charge on any atom is -0.462 e. The number of aliphatic hydroxyl groups excluding tert-OH is 1. The average molecular weight is 1420 g/mol. The molecular formula is C79H140O17P2. The summed E-state index contributed by atoms with van der Waals surface area (Å²) in [5.41, 5.74) is 0. The summed E-state index contributed by atoms with van der Waals surface area (Å²) in [6, 6.07) is 0. The normalized spacial score (nSPS) is 14.4. The number of carbonyl (C=O) groups excluding carboxylic acids is 4. The fourth-order valence-corrected chi connectivity index (χ4v) is 12.0. The number of hydrogen-bond acceptors (Lipinski definition) is 15. The first-order valence-corrected chi connectivity index (χ1v) is 41.8. The van der Waals surface area contributed by atoms with Crippen LogP contribution in [0.5, 0.6) is 0 Å². The summed E-state index contributed by atoms with van der Waals surface area (Å²) in [5.74, 6) is -2.23. The van der Waals surface area contributed by atoms with Crippen molar-refractivity contribution >= 4 is 39.5 Å². The lowest BCUT2D eigenvalue weighted by Gasteiger charge is -2.21. The van der Waals surface area contributed by atoms with Crippen LogP contribution < -0.4 is 0 Å². The Bertz CT molecular complexity index is 2190. The van der Waals surface area contributed by atoms with Crippen LogP contribution in [0.3, 0.4) is 0 Å². The Morgan fingerprint density at radius 3 is 0.867 bits per heavy atom. The molecule has 0 saturated carbocycles. The Kier molecular flexibility index (Phi) is 68.9. The summed E-state index contributed by atoms with van der Waals surface area (Å²) in [6.45, 7) is 4.69. The highest BCUT2D eigenvalue weighted by molar-refractivity contribution is 7.47. The maximum atomic E-state index is 13.1. The quantitative estimate of drug-likeness (QED) is 0.0169. The van der Waals surface area contributed by atoms with E-state index >= 15 is 0 Å². The molecule has 0 aliphatic heterocycles. The van der Waals surface area contributed by atoms with E-state index in [2.05, 4.69) is 113 Å². The molecule has 0 rings (SSSR count). The van der Waals surface area contributed by atoms with Gasteiger partial charge in [0.15, 0.2) is 12.2 Å². The fraction of sp³-hybridized carbons (Fsp3) is 0.772. The van der Waals surface area contributed by atoms with E-state index in [4.69, 9.17) is 37.0 Å². The van der Waals surface area contributed by atoms with Gasteiger partial charge in [0.1, 0.15) is 19.3 Å². The van der Waals surface area contributed by atoms with E-state index in [9.17, 15) is 43.2 Å². The smallest absolute Gasteiger partial charge is 0.462 e. The third-order valence-electron chi connectivity index (χ3n) is 16.3. The van der Waals surface area contributed by atoms with Gasteiger partial charge in [-0.2, -0.15) is 0 Å². The summed E-state index contributed by atoms with van der Waals surface area (Å²) in [6.07, 6.45) is 72.8. The van der Waals surface area contributed by atoms with Crippen molar-refractivity contribution in [3.05, 3.63) is 85.1 Å². The molecule has 5 unspecified atom stereocenters. The Balaban J connectivity index is 5.38. The predicted octanol–water partition coefficient (Wildman–Crippen LogP) is 22.2. The number of ether oxygens (including phenoxy) is 4. The van der Waals surface area contributed by atoms with Gasteiger partial charge in [-0.25, -0.2) is 9.13 Å². The van der Waals surface area contributed by atoms with Crippen LogP contribution in [0.2, 0.25) is 0 Å². The first kappa shape index (κ1) is 94.2. The first-order valence-electron chi connectivity index (χ1n) is 38.8. The standard InChI is InChI=1S/C79H140O17P2/c1-5-9-13-17-21-25-29-33-36-40-43-47-51-55-59-63-76(81)89-69-74(95-78(83)65-61-57-53-49-45-39-32-28-24-20-16-12-8-4)71-93-97(85,86)91-67-73(80)68-92-98(87,88)94-72-75(96-79(84)66-62-58-54-50-46-42-38-35-31-27-23-19-15-11-7-3)70-90-77(82)64-60-56-52-48-44-41-37-34-30-26-22-18-14-10-6-2/h10,14,22-23,26-27,33-38,44,48,73-75,80H,5-9,11-13,15-21,24-25,28-32,39-43,45-47,49-72H2,1-4H3,(H,85,86)(H,87,88)/b14-10-,26-22-,27-23-,36-33-,37-34-,38-35-,48-44-. The molecule has 5 atom stereocenters. The zero-order valence-corrected chi connectivity index (χ0v) is 63.7. The molecule has 0 aromatic rings. The molecule has 3 N–H and O–H groups in total. The van der Waals surface area contributed by atoms with Gasteiger partial charge in [0.05, 0.1) is 26.4 Å². The summed E-state index contributed by atoms with van der Waals surface area (Å²) >= 11 is 0. The SMILES string of the molecule is CC/C=C\C/C=C\C/C=C\C/C=C\CCCCC(=O)OCC(COP(=O)(O)OCC(O)COP(=O)(O)OCC(COC(=O)CCCCCCC/C=C\CCCCCCCC)OC(=O)CCCCCCCCCCCCCCC)OC(=O)CCCCCCC/C=C\C/C=C\CCCCC. The molecule has 0 saturated heterocycles. The number of carbonyl (C=O) groups is 4. The Labute approximate surface area is 595 Å². The van der Waals surface area contributed by atoms with Gasteiger partial charge in [-0.05, 0) is 122 Å². The van der Waals surface area contributed by atoms with Gasteiger partial charge < -0.3 is 33.8 Å². The van der Waals surface area contributed by atoms with Crippen LogP contribution in [-0.4, -0.2) is 96.7 Å². The first-order chi connectivity index (χ1) is 47.7. The average Bonchev–Trinajstić information content (AvgIpc) is 1.04. The number of hydrogen-bond donors (Lipinski definition) is 3. The summed E-state index contributed by atoms with van der Waals surface area (Å²) in [4.78, 5) is 72.9. The van der Waals surface area contributed by atoms with Gasteiger partial charge in [0, 0.05) is 25.7 Å². The van der Waals surface area contributed by atoms with E-state index in [0.29, 0.717) is 25.7 Å². The number of rotatable bonds is 73. The highest BCUT2D eigenvalue weighted by Crippen LogP contribution is 2.45. The zero-order valence-electron chi connectivity index (χ0n) is 62.0. The summed E-state index contributed by atoms with van der Waals surface area (Å²) in [7, 11) is -9.96. The van der Waals surface area contributed by atoms with Crippen molar-refractivity contribution < 1.29 is 80.2 Å². The van der Waals surface area contributed by atoms with Gasteiger partial charge in [0.2, 0.25) is 0 Å². The van der Waals surface area contributed by atoms with Gasteiger partial charge in [-0.3, -0.25) is 37.3 Å². The maximum Gasteiger partial charge on any atom is 0.472 e. The molecule has 0 fully saturated rings. The van der Waals surface area contributed by atoms with Crippen LogP contribution in [0.4, 0.5) is 0 Å². The number of esters is 4. The molecule has 19 heteroatoms. The minimum absolute atomic E-state index is 0.0706. The fourth-order valence-electron chi connectivity index (χ4n) is 10.4. The maximum absolute atomic E-state index is 13.1. The van der Waals surface area contributed by atoms with Crippen molar-refractivity contribution in [2.75, 3.05) is 39.6 Å². The molecule has 17 nitrogen and oxygen atoms in total. The molecule has 0 bridgehead atoms. The second kappa shape index (κ2) is 71.6. The number of phosphoric acid groups is 2. The van der Waals surface area contributed by atoms with Crippen molar-refractivity contribution in [1.29, 1.82) is 0 Å². The number of phosphoric ester groups is 2. The van der Waals surface area contributed by atoms with Gasteiger partial charge in [0.25, 0.3) is 0 Å². The lowest BCUT2D eigenvalue weighted by molar-refractivity contribution is -0.161.